The lowest BCUT2D eigenvalue weighted by Crippen LogP contribution is -1.88. The van der Waals surface area contributed by atoms with E-state index in [2.05, 4.69) is 29.1 Å². The van der Waals surface area contributed by atoms with Gasteiger partial charge in [-0.05, 0) is 45.4 Å². The van der Waals surface area contributed by atoms with Crippen LogP contribution in [0.3, 0.4) is 0 Å². The molecule has 0 spiro atoms. The molecule has 0 saturated carbocycles. The summed E-state index contributed by atoms with van der Waals surface area (Å²) in [6, 6.07) is 0. The number of alkyl halides is 1. The summed E-state index contributed by atoms with van der Waals surface area (Å²) in [6.45, 7) is 8.96. The molecule has 0 aromatic carbocycles. The molecule has 0 amide bonds. The van der Waals surface area contributed by atoms with Gasteiger partial charge in [-0.1, -0.05) is 47.3 Å². The minimum Gasteiger partial charge on any atom is -0.300 e. The Hall–Kier alpha value is -0.370. The first-order valence-electron chi connectivity index (χ1n) is 7.46. The van der Waals surface area contributed by atoms with Crippen LogP contribution in [0.2, 0.25) is 0 Å². The Labute approximate surface area is 128 Å². The second-order valence-electron chi connectivity index (χ2n) is 4.77. The van der Waals surface area contributed by atoms with Crippen LogP contribution in [0.15, 0.2) is 25.3 Å². The molecule has 2 heteroatoms. The number of carbonyl (C=O) groups excluding carboxylic acids is 1. The molecular weight excluding hydrogens is 300 g/mol. The zero-order valence-corrected chi connectivity index (χ0v) is 14.2. The fraction of sp³-hybridized carbons (Fsp3) is 0.706. The molecule has 0 aliphatic heterocycles. The number of hydrogen-bond acceptors (Lipinski definition) is 1. The predicted octanol–water partition coefficient (Wildman–Crippen LogP) is 6.23. The van der Waals surface area contributed by atoms with Gasteiger partial charge in [0, 0.05) is 11.8 Å². The highest BCUT2D eigenvalue weighted by Gasteiger charge is 1.92. The van der Waals surface area contributed by atoms with E-state index in [9.17, 15) is 4.79 Å². The van der Waals surface area contributed by atoms with E-state index in [1.807, 2.05) is 12.2 Å². The molecular formula is C17H31BrO. The number of halogens is 1. The molecule has 0 aromatic rings. The van der Waals surface area contributed by atoms with Crippen LogP contribution in [-0.2, 0) is 4.79 Å². The third-order valence-corrected chi connectivity index (χ3v) is 3.29. The lowest BCUT2D eigenvalue weighted by Gasteiger charge is -1.96. The fourth-order valence-electron chi connectivity index (χ4n) is 1.58. The van der Waals surface area contributed by atoms with E-state index in [-0.39, 0.29) is 0 Å². The summed E-state index contributed by atoms with van der Waals surface area (Å²) in [7, 11) is 0. The number of unbranched alkanes of at least 4 members (excludes halogenated alkanes) is 7. The van der Waals surface area contributed by atoms with Gasteiger partial charge in [-0.15, -0.1) is 13.2 Å². The summed E-state index contributed by atoms with van der Waals surface area (Å²) in [5.41, 5.74) is 0. The van der Waals surface area contributed by atoms with Crippen LogP contribution in [0.1, 0.15) is 71.1 Å². The molecule has 0 saturated heterocycles. The molecule has 0 aliphatic carbocycles. The van der Waals surface area contributed by atoms with Crippen molar-refractivity contribution in [2.45, 2.75) is 71.1 Å². The van der Waals surface area contributed by atoms with Gasteiger partial charge in [-0.25, -0.2) is 0 Å². The zero-order chi connectivity index (χ0) is 14.8. The van der Waals surface area contributed by atoms with Gasteiger partial charge in [0.25, 0.3) is 0 Å². The lowest BCUT2D eigenvalue weighted by molar-refractivity contribution is -0.117. The smallest absolute Gasteiger partial charge is 0.129 e. The van der Waals surface area contributed by atoms with Gasteiger partial charge in [0.15, 0.2) is 0 Å². The quantitative estimate of drug-likeness (QED) is 0.235. The van der Waals surface area contributed by atoms with Crippen molar-refractivity contribution in [3.05, 3.63) is 25.3 Å². The van der Waals surface area contributed by atoms with Gasteiger partial charge in [0.05, 0.1) is 0 Å². The normalized spacial score (nSPS) is 9.37. The van der Waals surface area contributed by atoms with Gasteiger partial charge in [-0.3, -0.25) is 0 Å². The highest BCUT2D eigenvalue weighted by atomic mass is 79.9. The minimum absolute atomic E-state index is 0.314. The molecule has 0 heterocycles. The molecule has 19 heavy (non-hydrogen) atoms. The molecule has 0 N–H and O–H groups in total. The van der Waals surface area contributed by atoms with Crippen LogP contribution < -0.4 is 0 Å². The first-order chi connectivity index (χ1) is 9.18. The predicted molar refractivity (Wildman–Crippen MR) is 91.0 cm³/mol. The molecule has 0 fully saturated rings. The molecule has 0 bridgehead atoms. The van der Waals surface area contributed by atoms with Crippen molar-refractivity contribution < 1.29 is 4.79 Å². The number of Topliss-reactive ketones (excluding diaryl/α,β-unsaturated/α-hetero) is 1. The highest BCUT2D eigenvalue weighted by Crippen LogP contribution is 2.05. The van der Waals surface area contributed by atoms with Crippen LogP contribution in [0.4, 0.5) is 0 Å². The Balaban J connectivity index is 0. The second kappa shape index (κ2) is 20.0. The van der Waals surface area contributed by atoms with Crippen molar-refractivity contribution in [3.8, 4) is 0 Å². The first kappa shape index (κ1) is 20.9. The number of ketones is 1. The van der Waals surface area contributed by atoms with Crippen molar-refractivity contribution in [1.82, 2.24) is 0 Å². The molecule has 0 rings (SSSR count). The van der Waals surface area contributed by atoms with Gasteiger partial charge in [0.1, 0.15) is 5.78 Å². The number of rotatable bonds is 12. The standard InChI is InChI=1S/C10H18O.C7H13Br/c1-3-4-5-6-7-8-9-10(2)11;1-2-3-4-5-6-7-8/h3H,1,4-9H2,2H3;2H,1,3-7H2. The summed E-state index contributed by atoms with van der Waals surface area (Å²) in [4.78, 5) is 10.5. The lowest BCUT2D eigenvalue weighted by atomic mass is 10.1. The van der Waals surface area contributed by atoms with Gasteiger partial charge in [0.2, 0.25) is 0 Å². The Morgan fingerprint density at radius 1 is 0.895 bits per heavy atom. The molecule has 0 unspecified atom stereocenters. The maximum Gasteiger partial charge on any atom is 0.129 e. The maximum absolute atomic E-state index is 10.5. The van der Waals surface area contributed by atoms with Crippen molar-refractivity contribution in [2.75, 3.05) is 5.33 Å². The number of hydrogen-bond donors (Lipinski definition) is 0. The molecule has 112 valence electrons. The monoisotopic (exact) mass is 330 g/mol. The molecule has 0 aliphatic rings. The van der Waals surface area contributed by atoms with Gasteiger partial charge >= 0.3 is 0 Å². The largest absolute Gasteiger partial charge is 0.300 e. The summed E-state index contributed by atoms with van der Waals surface area (Å²) in [6.07, 6.45) is 15.6. The zero-order valence-electron chi connectivity index (χ0n) is 12.6. The Bertz CT molecular complexity index is 211. The molecule has 0 atom stereocenters. The van der Waals surface area contributed by atoms with Crippen LogP contribution in [-0.4, -0.2) is 11.1 Å². The topological polar surface area (TPSA) is 17.1 Å². The summed E-state index contributed by atoms with van der Waals surface area (Å²) in [5.74, 6) is 0.314. The van der Waals surface area contributed by atoms with E-state index in [0.29, 0.717) is 5.78 Å². The average Bonchev–Trinajstić information content (AvgIpc) is 2.39. The van der Waals surface area contributed by atoms with Crippen molar-refractivity contribution in [1.29, 1.82) is 0 Å². The summed E-state index contributed by atoms with van der Waals surface area (Å²) < 4.78 is 0. The summed E-state index contributed by atoms with van der Waals surface area (Å²) >= 11 is 3.38. The van der Waals surface area contributed by atoms with E-state index in [4.69, 9.17) is 0 Å². The van der Waals surface area contributed by atoms with E-state index in [1.165, 1.54) is 44.9 Å². The van der Waals surface area contributed by atoms with E-state index in [1.54, 1.807) is 6.92 Å². The average molecular weight is 331 g/mol. The van der Waals surface area contributed by atoms with E-state index < -0.39 is 0 Å². The van der Waals surface area contributed by atoms with E-state index >= 15 is 0 Å². The fourth-order valence-corrected chi connectivity index (χ4v) is 1.97. The van der Waals surface area contributed by atoms with Crippen molar-refractivity contribution in [2.24, 2.45) is 0 Å². The van der Waals surface area contributed by atoms with Crippen LogP contribution in [0, 0.1) is 0 Å². The summed E-state index contributed by atoms with van der Waals surface area (Å²) in [5, 5.41) is 1.14. The van der Waals surface area contributed by atoms with Crippen LogP contribution in [0.5, 0.6) is 0 Å². The molecule has 0 radical (unpaired) electrons. The maximum atomic E-state index is 10.5. The van der Waals surface area contributed by atoms with Crippen molar-refractivity contribution in [3.63, 3.8) is 0 Å². The Morgan fingerprint density at radius 3 is 1.79 bits per heavy atom. The Kier molecular flexibility index (Phi) is 22.0. The van der Waals surface area contributed by atoms with Crippen LogP contribution >= 0.6 is 15.9 Å². The van der Waals surface area contributed by atoms with Crippen LogP contribution in [0.25, 0.3) is 0 Å². The third kappa shape index (κ3) is 27.0. The molecule has 0 aromatic heterocycles. The minimum atomic E-state index is 0.314. The van der Waals surface area contributed by atoms with Gasteiger partial charge in [-0.2, -0.15) is 0 Å². The van der Waals surface area contributed by atoms with Crippen molar-refractivity contribution >= 4 is 21.7 Å². The number of carbonyl (C=O) groups is 1. The molecule has 1 nitrogen and oxygen atoms in total. The van der Waals surface area contributed by atoms with Gasteiger partial charge < -0.3 is 4.79 Å². The Morgan fingerprint density at radius 2 is 1.37 bits per heavy atom. The highest BCUT2D eigenvalue weighted by molar-refractivity contribution is 9.09. The first-order valence-corrected chi connectivity index (χ1v) is 8.58. The second-order valence-corrected chi connectivity index (χ2v) is 5.56. The third-order valence-electron chi connectivity index (χ3n) is 2.73. The number of allylic oxidation sites excluding steroid dienone is 2. The SMILES string of the molecule is C=CCCCCCBr.C=CCCCCCCC(C)=O. The van der Waals surface area contributed by atoms with E-state index in [0.717, 1.165) is 24.6 Å².